The summed E-state index contributed by atoms with van der Waals surface area (Å²) >= 11 is 5.09. The lowest BCUT2D eigenvalue weighted by Crippen LogP contribution is -2.44. The molecule has 0 amide bonds. The van der Waals surface area contributed by atoms with Crippen molar-refractivity contribution in [3.8, 4) is 0 Å². The zero-order valence-electron chi connectivity index (χ0n) is 7.91. The third-order valence-corrected chi connectivity index (χ3v) is 4.20. The third kappa shape index (κ3) is 1.43. The zero-order valence-corrected chi connectivity index (χ0v) is 10.3. The molecule has 2 rings (SSSR count). The smallest absolute Gasteiger partial charge is 0.205 e. The highest BCUT2D eigenvalue weighted by molar-refractivity contribution is 9.10. The Hall–Kier alpha value is -0.590. The fourth-order valence-electron chi connectivity index (χ4n) is 1.40. The molecule has 2 heterocycles. The number of aliphatic imine (C=N–C) groups is 1. The molecule has 0 aliphatic carbocycles. The number of nitrogens with zero attached hydrogens (tertiary/aromatic N) is 2. The Bertz CT molecular complexity index is 388. The third-order valence-electron chi connectivity index (χ3n) is 2.31. The minimum Gasteiger partial charge on any atom is -0.369 e. The van der Waals surface area contributed by atoms with Crippen LogP contribution in [-0.2, 0) is 5.66 Å². The summed E-state index contributed by atoms with van der Waals surface area (Å²) in [6, 6.07) is 2.06. The highest BCUT2D eigenvalue weighted by Crippen LogP contribution is 2.35. The Balaban J connectivity index is 2.42. The SMILES string of the molecule is CN1NC(N)=NC1(C)c1cc(Br)cs1. The first-order chi connectivity index (χ1) is 6.52. The van der Waals surface area contributed by atoms with Crippen molar-refractivity contribution in [1.29, 1.82) is 0 Å². The lowest BCUT2D eigenvalue weighted by atomic mass is 10.2. The normalized spacial score (nSPS) is 27.5. The Morgan fingerprint density at radius 2 is 2.43 bits per heavy atom. The molecule has 1 aliphatic rings. The molecule has 6 heteroatoms. The number of thiophene rings is 1. The van der Waals surface area contributed by atoms with Crippen molar-refractivity contribution in [3.63, 3.8) is 0 Å². The van der Waals surface area contributed by atoms with Gasteiger partial charge in [-0.3, -0.25) is 5.43 Å². The largest absolute Gasteiger partial charge is 0.369 e. The van der Waals surface area contributed by atoms with Crippen LogP contribution in [0, 0.1) is 0 Å². The summed E-state index contributed by atoms with van der Waals surface area (Å²) in [6.45, 7) is 2.03. The molecule has 1 aromatic rings. The predicted molar refractivity (Wildman–Crippen MR) is 61.9 cm³/mol. The van der Waals surface area contributed by atoms with Crippen molar-refractivity contribution >= 4 is 33.2 Å². The van der Waals surface area contributed by atoms with E-state index in [1.807, 2.05) is 24.4 Å². The Labute approximate surface area is 94.9 Å². The number of hydrogen-bond donors (Lipinski definition) is 2. The Morgan fingerprint density at radius 3 is 2.86 bits per heavy atom. The van der Waals surface area contributed by atoms with Crippen molar-refractivity contribution in [1.82, 2.24) is 10.4 Å². The van der Waals surface area contributed by atoms with Gasteiger partial charge in [0.1, 0.15) is 0 Å². The number of hydrazine groups is 1. The van der Waals surface area contributed by atoms with Crippen molar-refractivity contribution in [3.05, 3.63) is 20.8 Å². The van der Waals surface area contributed by atoms with E-state index in [0.717, 1.165) is 9.35 Å². The van der Waals surface area contributed by atoms with Gasteiger partial charge >= 0.3 is 0 Å². The predicted octanol–water partition coefficient (Wildman–Crippen LogP) is 1.45. The number of rotatable bonds is 1. The molecule has 0 spiro atoms. The van der Waals surface area contributed by atoms with Crippen LogP contribution < -0.4 is 11.2 Å². The minimum absolute atomic E-state index is 0.388. The summed E-state index contributed by atoms with van der Waals surface area (Å²) in [6.07, 6.45) is 0. The molecule has 1 unspecified atom stereocenters. The zero-order chi connectivity index (χ0) is 10.3. The second kappa shape index (κ2) is 3.22. The van der Waals surface area contributed by atoms with E-state index in [4.69, 9.17) is 5.73 Å². The van der Waals surface area contributed by atoms with Gasteiger partial charge in [0.15, 0.2) is 5.66 Å². The summed E-state index contributed by atoms with van der Waals surface area (Å²) in [5.74, 6) is 0.458. The average Bonchev–Trinajstić information content (AvgIpc) is 2.59. The van der Waals surface area contributed by atoms with E-state index in [1.54, 1.807) is 11.3 Å². The van der Waals surface area contributed by atoms with Crippen LogP contribution in [0.1, 0.15) is 11.8 Å². The van der Waals surface area contributed by atoms with Crippen LogP contribution >= 0.6 is 27.3 Å². The second-order valence-electron chi connectivity index (χ2n) is 3.32. The maximum atomic E-state index is 5.64. The van der Waals surface area contributed by atoms with Crippen molar-refractivity contribution in [2.45, 2.75) is 12.6 Å². The highest BCUT2D eigenvalue weighted by atomic mass is 79.9. The molecule has 0 fully saturated rings. The van der Waals surface area contributed by atoms with Gasteiger partial charge in [0.25, 0.3) is 0 Å². The van der Waals surface area contributed by atoms with Gasteiger partial charge in [-0.05, 0) is 28.9 Å². The van der Waals surface area contributed by atoms with Crippen molar-refractivity contribution < 1.29 is 0 Å². The van der Waals surface area contributed by atoms with Gasteiger partial charge in [-0.15, -0.1) is 11.3 Å². The lowest BCUT2D eigenvalue weighted by molar-refractivity contribution is 0.144. The number of nitrogens with one attached hydrogen (secondary N) is 1. The molecule has 4 nitrogen and oxygen atoms in total. The molecule has 0 saturated carbocycles. The van der Waals surface area contributed by atoms with E-state index in [2.05, 4.69) is 32.4 Å². The molecule has 0 bridgehead atoms. The first-order valence-corrected chi connectivity index (χ1v) is 5.80. The molecule has 1 aromatic heterocycles. The first-order valence-electron chi connectivity index (χ1n) is 4.13. The molecule has 3 N–H and O–H groups in total. The fourth-order valence-corrected chi connectivity index (χ4v) is 2.97. The number of halogens is 1. The molecule has 1 aliphatic heterocycles. The van der Waals surface area contributed by atoms with Crippen LogP contribution in [0.3, 0.4) is 0 Å². The number of guanidine groups is 1. The maximum Gasteiger partial charge on any atom is 0.205 e. The quantitative estimate of drug-likeness (QED) is 0.815. The van der Waals surface area contributed by atoms with E-state index < -0.39 is 0 Å². The highest BCUT2D eigenvalue weighted by Gasteiger charge is 2.37. The topological polar surface area (TPSA) is 53.6 Å². The lowest BCUT2D eigenvalue weighted by Gasteiger charge is -2.27. The summed E-state index contributed by atoms with van der Waals surface area (Å²) in [7, 11) is 1.93. The first kappa shape index (κ1) is 9.95. The van der Waals surface area contributed by atoms with Gasteiger partial charge in [-0.1, -0.05) is 0 Å². The monoisotopic (exact) mass is 274 g/mol. The van der Waals surface area contributed by atoms with Crippen LogP contribution in [0.4, 0.5) is 0 Å². The van der Waals surface area contributed by atoms with Gasteiger partial charge in [0, 0.05) is 21.8 Å². The Kier molecular flexibility index (Phi) is 2.29. The van der Waals surface area contributed by atoms with Gasteiger partial charge < -0.3 is 5.73 Å². The molecule has 14 heavy (non-hydrogen) atoms. The van der Waals surface area contributed by atoms with E-state index in [1.165, 1.54) is 0 Å². The van der Waals surface area contributed by atoms with Crippen LogP contribution in [0.15, 0.2) is 20.9 Å². The summed E-state index contributed by atoms with van der Waals surface area (Å²) < 4.78 is 1.08. The molecular weight excluding hydrogens is 264 g/mol. The number of hydrogen-bond acceptors (Lipinski definition) is 5. The van der Waals surface area contributed by atoms with Crippen LogP contribution in [0.25, 0.3) is 0 Å². The van der Waals surface area contributed by atoms with Crippen molar-refractivity contribution in [2.24, 2.45) is 10.7 Å². The molecule has 1 atom stereocenters. The van der Waals surface area contributed by atoms with Gasteiger partial charge in [-0.2, -0.15) is 5.01 Å². The fraction of sp³-hybridized carbons (Fsp3) is 0.375. The molecule has 0 aromatic carbocycles. The molecule has 0 radical (unpaired) electrons. The van der Waals surface area contributed by atoms with E-state index >= 15 is 0 Å². The van der Waals surface area contributed by atoms with Gasteiger partial charge in [0.2, 0.25) is 5.96 Å². The Morgan fingerprint density at radius 1 is 1.71 bits per heavy atom. The molecule has 76 valence electrons. The minimum atomic E-state index is -0.388. The summed E-state index contributed by atoms with van der Waals surface area (Å²) in [5.41, 5.74) is 8.21. The van der Waals surface area contributed by atoms with Crippen LogP contribution in [0.5, 0.6) is 0 Å². The van der Waals surface area contributed by atoms with Crippen LogP contribution in [-0.4, -0.2) is 18.0 Å². The average molecular weight is 275 g/mol. The van der Waals surface area contributed by atoms with Crippen LogP contribution in [0.2, 0.25) is 0 Å². The standard InChI is InChI=1S/C8H11BrN4S/c1-8(6-3-5(9)4-14-6)11-7(10)12-13(8)2/h3-4H,1-2H3,(H3,10,11,12). The maximum absolute atomic E-state index is 5.64. The number of nitrogens with two attached hydrogens (primary N) is 1. The van der Waals surface area contributed by atoms with Gasteiger partial charge in [0.05, 0.1) is 0 Å². The molecule has 0 saturated heterocycles. The summed E-state index contributed by atoms with van der Waals surface area (Å²) in [5, 5.41) is 3.94. The van der Waals surface area contributed by atoms with E-state index in [0.29, 0.717) is 5.96 Å². The van der Waals surface area contributed by atoms with E-state index in [9.17, 15) is 0 Å². The second-order valence-corrected chi connectivity index (χ2v) is 5.14. The van der Waals surface area contributed by atoms with E-state index in [-0.39, 0.29) is 5.66 Å². The summed E-state index contributed by atoms with van der Waals surface area (Å²) in [4.78, 5) is 5.54. The van der Waals surface area contributed by atoms with Crippen molar-refractivity contribution in [2.75, 3.05) is 7.05 Å². The van der Waals surface area contributed by atoms with Gasteiger partial charge in [-0.25, -0.2) is 4.99 Å². The molecular formula is C8H11BrN4S.